The topological polar surface area (TPSA) is 70.7 Å². The maximum absolute atomic E-state index is 12.6. The maximum atomic E-state index is 12.6. The minimum Gasteiger partial charge on any atom is -0.383 e. The summed E-state index contributed by atoms with van der Waals surface area (Å²) in [6.45, 7) is 3.84. The number of carbonyl (C=O) groups is 2. The number of nitrogens with zero attached hydrogens (tertiary/aromatic N) is 1. The first-order chi connectivity index (χ1) is 12.1. The lowest BCUT2D eigenvalue weighted by atomic mass is 9.96. The van der Waals surface area contributed by atoms with Gasteiger partial charge in [-0.25, -0.2) is 0 Å². The van der Waals surface area contributed by atoms with Crippen LogP contribution in [0.4, 0.5) is 0 Å². The molecular weight excluding hydrogens is 342 g/mol. The summed E-state index contributed by atoms with van der Waals surface area (Å²) in [5.74, 6) is -0.179. The van der Waals surface area contributed by atoms with E-state index in [4.69, 9.17) is 16.3 Å². The first-order valence-corrected chi connectivity index (χ1v) is 9.02. The molecule has 1 aliphatic heterocycles. The Morgan fingerprint density at radius 1 is 1.24 bits per heavy atom. The van der Waals surface area contributed by atoms with Gasteiger partial charge in [0, 0.05) is 50.4 Å². The fourth-order valence-corrected chi connectivity index (χ4v) is 2.99. The van der Waals surface area contributed by atoms with E-state index in [1.54, 1.807) is 36.3 Å². The van der Waals surface area contributed by atoms with Crippen LogP contribution in [0.5, 0.6) is 0 Å². The summed E-state index contributed by atoms with van der Waals surface area (Å²) in [4.78, 5) is 26.6. The summed E-state index contributed by atoms with van der Waals surface area (Å²) in [6.07, 6.45) is 1.65. The van der Waals surface area contributed by atoms with Crippen molar-refractivity contribution in [1.29, 1.82) is 0 Å². The predicted molar refractivity (Wildman–Crippen MR) is 97.8 cm³/mol. The molecule has 1 aromatic carbocycles. The zero-order valence-corrected chi connectivity index (χ0v) is 15.3. The van der Waals surface area contributed by atoms with Gasteiger partial charge < -0.3 is 20.3 Å². The van der Waals surface area contributed by atoms with Crippen LogP contribution in [0.1, 0.15) is 23.2 Å². The predicted octanol–water partition coefficient (Wildman–Crippen LogP) is 1.54. The quantitative estimate of drug-likeness (QED) is 0.684. The number of ether oxygens (including phenoxy) is 1. The van der Waals surface area contributed by atoms with E-state index in [1.165, 1.54) is 0 Å². The number of likely N-dealkylation sites (tertiary alicyclic amines) is 1. The fraction of sp³-hybridized carbons (Fsp3) is 0.556. The molecule has 0 bridgehead atoms. The molecular formula is C18H26ClN3O3. The van der Waals surface area contributed by atoms with Crippen LogP contribution in [0.25, 0.3) is 0 Å². The molecule has 1 saturated heterocycles. The van der Waals surface area contributed by atoms with Crippen molar-refractivity contribution in [2.45, 2.75) is 12.8 Å². The molecule has 7 heteroatoms. The number of hydrogen-bond acceptors (Lipinski definition) is 4. The summed E-state index contributed by atoms with van der Waals surface area (Å²) in [5, 5.41) is 6.72. The number of piperidine rings is 1. The highest BCUT2D eigenvalue weighted by atomic mass is 35.5. The largest absolute Gasteiger partial charge is 0.383 e. The molecule has 2 amide bonds. The Labute approximate surface area is 153 Å². The third kappa shape index (κ3) is 6.30. The molecule has 0 radical (unpaired) electrons. The molecule has 25 heavy (non-hydrogen) atoms. The van der Waals surface area contributed by atoms with Gasteiger partial charge in [0.2, 0.25) is 5.91 Å². The number of rotatable bonds is 8. The summed E-state index contributed by atoms with van der Waals surface area (Å²) in [7, 11) is 1.66. The second kappa shape index (κ2) is 10.4. The normalized spacial score (nSPS) is 17.4. The molecule has 138 valence electrons. The van der Waals surface area contributed by atoms with Gasteiger partial charge in [0.25, 0.3) is 5.91 Å². The van der Waals surface area contributed by atoms with Gasteiger partial charge >= 0.3 is 0 Å². The molecule has 0 aliphatic carbocycles. The molecule has 1 heterocycles. The number of amides is 2. The van der Waals surface area contributed by atoms with Gasteiger partial charge in [0.15, 0.2) is 0 Å². The number of halogens is 1. The van der Waals surface area contributed by atoms with E-state index in [2.05, 4.69) is 10.6 Å². The average Bonchev–Trinajstić information content (AvgIpc) is 2.64. The van der Waals surface area contributed by atoms with Crippen LogP contribution in [0.15, 0.2) is 24.3 Å². The second-order valence-electron chi connectivity index (χ2n) is 6.13. The highest BCUT2D eigenvalue weighted by Crippen LogP contribution is 2.19. The molecule has 0 spiro atoms. The lowest BCUT2D eigenvalue weighted by molar-refractivity contribution is -0.126. The minimum atomic E-state index is -0.149. The highest BCUT2D eigenvalue weighted by molar-refractivity contribution is 6.30. The average molecular weight is 368 g/mol. The van der Waals surface area contributed by atoms with Crippen molar-refractivity contribution >= 4 is 23.4 Å². The van der Waals surface area contributed by atoms with Crippen LogP contribution in [0, 0.1) is 5.92 Å². The van der Waals surface area contributed by atoms with E-state index in [0.29, 0.717) is 43.4 Å². The van der Waals surface area contributed by atoms with E-state index >= 15 is 0 Å². The van der Waals surface area contributed by atoms with Gasteiger partial charge in [-0.1, -0.05) is 11.6 Å². The smallest absolute Gasteiger partial charge is 0.253 e. The molecule has 0 aromatic heterocycles. The van der Waals surface area contributed by atoms with E-state index in [9.17, 15) is 9.59 Å². The van der Waals surface area contributed by atoms with Crippen molar-refractivity contribution in [3.05, 3.63) is 34.9 Å². The maximum Gasteiger partial charge on any atom is 0.253 e. The Morgan fingerprint density at radius 2 is 2.00 bits per heavy atom. The lowest BCUT2D eigenvalue weighted by Crippen LogP contribution is -2.46. The van der Waals surface area contributed by atoms with Crippen molar-refractivity contribution in [2.75, 3.05) is 46.4 Å². The Kier molecular flexibility index (Phi) is 8.18. The number of hydrogen-bond donors (Lipinski definition) is 2. The van der Waals surface area contributed by atoms with Crippen LogP contribution in [0.2, 0.25) is 5.02 Å². The van der Waals surface area contributed by atoms with E-state index in [-0.39, 0.29) is 17.7 Å². The molecule has 1 fully saturated rings. The van der Waals surface area contributed by atoms with Gasteiger partial charge in [0.1, 0.15) is 0 Å². The number of carbonyl (C=O) groups excluding carboxylic acids is 2. The second-order valence-corrected chi connectivity index (χ2v) is 6.57. The SMILES string of the molecule is COCCNCCNC(=O)C1CCCN(C(=O)c2ccc(Cl)cc2)C1. The summed E-state index contributed by atoms with van der Waals surface area (Å²) < 4.78 is 4.95. The molecule has 1 aliphatic rings. The van der Waals surface area contributed by atoms with Crippen molar-refractivity contribution in [3.63, 3.8) is 0 Å². The van der Waals surface area contributed by atoms with Crippen LogP contribution in [-0.4, -0.2) is 63.2 Å². The van der Waals surface area contributed by atoms with E-state index < -0.39 is 0 Å². The van der Waals surface area contributed by atoms with Crippen LogP contribution >= 0.6 is 11.6 Å². The Morgan fingerprint density at radius 3 is 2.72 bits per heavy atom. The number of nitrogens with one attached hydrogen (secondary N) is 2. The summed E-state index contributed by atoms with van der Waals surface area (Å²) >= 11 is 5.87. The molecule has 2 N–H and O–H groups in total. The number of benzene rings is 1. The third-order valence-corrected chi connectivity index (χ3v) is 4.51. The van der Waals surface area contributed by atoms with Crippen LogP contribution in [0.3, 0.4) is 0 Å². The monoisotopic (exact) mass is 367 g/mol. The lowest BCUT2D eigenvalue weighted by Gasteiger charge is -2.32. The number of methoxy groups -OCH3 is 1. The van der Waals surface area contributed by atoms with Crippen molar-refractivity contribution < 1.29 is 14.3 Å². The van der Waals surface area contributed by atoms with Crippen LogP contribution in [-0.2, 0) is 9.53 Å². The van der Waals surface area contributed by atoms with E-state index in [0.717, 1.165) is 19.4 Å². The Bertz CT molecular complexity index is 565. The highest BCUT2D eigenvalue weighted by Gasteiger charge is 2.28. The molecule has 1 aromatic rings. The van der Waals surface area contributed by atoms with Crippen LogP contribution < -0.4 is 10.6 Å². The minimum absolute atomic E-state index is 0.0159. The fourth-order valence-electron chi connectivity index (χ4n) is 2.87. The Hall–Kier alpha value is -1.63. The van der Waals surface area contributed by atoms with Crippen molar-refractivity contribution in [2.24, 2.45) is 5.92 Å². The zero-order valence-electron chi connectivity index (χ0n) is 14.6. The molecule has 1 unspecified atom stereocenters. The van der Waals surface area contributed by atoms with Gasteiger partial charge in [0.05, 0.1) is 12.5 Å². The van der Waals surface area contributed by atoms with Gasteiger partial charge in [-0.2, -0.15) is 0 Å². The first kappa shape index (κ1) is 19.7. The summed E-state index contributed by atoms with van der Waals surface area (Å²) in [6, 6.07) is 6.86. The first-order valence-electron chi connectivity index (χ1n) is 8.64. The zero-order chi connectivity index (χ0) is 18.1. The molecule has 1 atom stereocenters. The van der Waals surface area contributed by atoms with Crippen molar-refractivity contribution in [3.8, 4) is 0 Å². The molecule has 0 saturated carbocycles. The third-order valence-electron chi connectivity index (χ3n) is 4.25. The van der Waals surface area contributed by atoms with Gasteiger partial charge in [-0.05, 0) is 37.1 Å². The standard InChI is InChI=1S/C18H26ClN3O3/c1-25-12-10-20-8-9-21-17(23)15-3-2-11-22(13-15)18(24)14-4-6-16(19)7-5-14/h4-7,15,20H,2-3,8-13H2,1H3,(H,21,23). The summed E-state index contributed by atoms with van der Waals surface area (Å²) in [5.41, 5.74) is 0.604. The Balaban J connectivity index is 1.78. The van der Waals surface area contributed by atoms with Gasteiger partial charge in [-0.3, -0.25) is 9.59 Å². The molecule has 6 nitrogen and oxygen atoms in total. The van der Waals surface area contributed by atoms with E-state index in [1.807, 2.05) is 0 Å². The van der Waals surface area contributed by atoms with Gasteiger partial charge in [-0.15, -0.1) is 0 Å². The van der Waals surface area contributed by atoms with Crippen molar-refractivity contribution in [1.82, 2.24) is 15.5 Å². The molecule has 2 rings (SSSR count).